The lowest BCUT2D eigenvalue weighted by Crippen LogP contribution is -2.21. The third kappa shape index (κ3) is 3.75. The average Bonchev–Trinajstić information content (AvgIpc) is 2.66. The van der Waals surface area contributed by atoms with E-state index in [-0.39, 0.29) is 5.60 Å². The maximum atomic E-state index is 6.11. The SMILES string of the molecule is CC(C)(C)OCCn1cc(CCN)c2ccc(Cl)cc21. The summed E-state index contributed by atoms with van der Waals surface area (Å²) in [4.78, 5) is 0. The van der Waals surface area contributed by atoms with E-state index in [1.807, 2.05) is 12.1 Å². The Morgan fingerprint density at radius 3 is 2.70 bits per heavy atom. The topological polar surface area (TPSA) is 40.2 Å². The number of rotatable bonds is 5. The van der Waals surface area contributed by atoms with Gasteiger partial charge in [-0.25, -0.2) is 0 Å². The van der Waals surface area contributed by atoms with Crippen molar-refractivity contribution in [2.45, 2.75) is 39.3 Å². The van der Waals surface area contributed by atoms with Gasteiger partial charge in [0, 0.05) is 28.7 Å². The first-order valence-corrected chi connectivity index (χ1v) is 7.40. The summed E-state index contributed by atoms with van der Waals surface area (Å²) in [6.07, 6.45) is 3.05. The highest BCUT2D eigenvalue weighted by Crippen LogP contribution is 2.25. The molecule has 0 unspecified atom stereocenters. The van der Waals surface area contributed by atoms with Gasteiger partial charge in [0.15, 0.2) is 0 Å². The zero-order chi connectivity index (χ0) is 14.8. The number of nitrogens with two attached hydrogens (primary N) is 1. The quantitative estimate of drug-likeness (QED) is 0.915. The van der Waals surface area contributed by atoms with Crippen LogP contribution in [0.15, 0.2) is 24.4 Å². The number of fused-ring (bicyclic) bond motifs is 1. The molecule has 2 rings (SSSR count). The number of aromatic nitrogens is 1. The van der Waals surface area contributed by atoms with Gasteiger partial charge >= 0.3 is 0 Å². The summed E-state index contributed by atoms with van der Waals surface area (Å²) in [5.41, 5.74) is 8.00. The maximum Gasteiger partial charge on any atom is 0.0652 e. The van der Waals surface area contributed by atoms with E-state index in [2.05, 4.69) is 37.6 Å². The van der Waals surface area contributed by atoms with Crippen LogP contribution in [-0.4, -0.2) is 23.3 Å². The van der Waals surface area contributed by atoms with E-state index in [1.165, 1.54) is 10.9 Å². The first-order chi connectivity index (χ1) is 9.40. The highest BCUT2D eigenvalue weighted by atomic mass is 35.5. The molecule has 0 atom stereocenters. The van der Waals surface area contributed by atoms with E-state index >= 15 is 0 Å². The van der Waals surface area contributed by atoms with Crippen molar-refractivity contribution in [3.05, 3.63) is 35.0 Å². The lowest BCUT2D eigenvalue weighted by Gasteiger charge is -2.19. The van der Waals surface area contributed by atoms with Crippen molar-refractivity contribution < 1.29 is 4.74 Å². The molecule has 1 aromatic carbocycles. The van der Waals surface area contributed by atoms with Crippen molar-refractivity contribution in [2.24, 2.45) is 5.73 Å². The third-order valence-corrected chi connectivity index (χ3v) is 3.44. The average molecular weight is 295 g/mol. The summed E-state index contributed by atoms with van der Waals surface area (Å²) in [6, 6.07) is 6.01. The molecule has 0 saturated heterocycles. The van der Waals surface area contributed by atoms with Crippen LogP contribution in [0.25, 0.3) is 10.9 Å². The van der Waals surface area contributed by atoms with Gasteiger partial charge in [0.25, 0.3) is 0 Å². The zero-order valence-corrected chi connectivity index (χ0v) is 13.2. The standard InChI is InChI=1S/C16H23ClN2O/c1-16(2,3)20-9-8-19-11-12(6-7-18)14-5-4-13(17)10-15(14)19/h4-5,10-11H,6-9,18H2,1-3H3. The number of halogens is 1. The van der Waals surface area contributed by atoms with Gasteiger partial charge < -0.3 is 15.0 Å². The molecule has 0 aliphatic heterocycles. The van der Waals surface area contributed by atoms with Crippen LogP contribution in [0.4, 0.5) is 0 Å². The first-order valence-electron chi connectivity index (χ1n) is 7.02. The first kappa shape index (κ1) is 15.4. The summed E-state index contributed by atoms with van der Waals surface area (Å²) in [7, 11) is 0. The lowest BCUT2D eigenvalue weighted by atomic mass is 10.1. The van der Waals surface area contributed by atoms with Gasteiger partial charge in [0.05, 0.1) is 12.2 Å². The van der Waals surface area contributed by atoms with Crippen LogP contribution in [0.2, 0.25) is 5.02 Å². The molecule has 1 heterocycles. The van der Waals surface area contributed by atoms with Crippen molar-refractivity contribution in [1.82, 2.24) is 4.57 Å². The van der Waals surface area contributed by atoms with Crippen LogP contribution in [-0.2, 0) is 17.7 Å². The molecule has 110 valence electrons. The number of nitrogens with zero attached hydrogens (tertiary/aromatic N) is 1. The molecule has 3 nitrogen and oxygen atoms in total. The third-order valence-electron chi connectivity index (χ3n) is 3.21. The van der Waals surface area contributed by atoms with Crippen LogP contribution in [0.1, 0.15) is 26.3 Å². The van der Waals surface area contributed by atoms with E-state index in [0.717, 1.165) is 23.5 Å². The normalized spacial score (nSPS) is 12.2. The molecule has 0 radical (unpaired) electrons. The fourth-order valence-electron chi connectivity index (χ4n) is 2.33. The van der Waals surface area contributed by atoms with Gasteiger partial charge in [0.1, 0.15) is 0 Å². The van der Waals surface area contributed by atoms with Crippen LogP contribution in [0.5, 0.6) is 0 Å². The molecule has 0 amide bonds. The largest absolute Gasteiger partial charge is 0.374 e. The van der Waals surface area contributed by atoms with Crippen LogP contribution >= 0.6 is 11.6 Å². The van der Waals surface area contributed by atoms with Crippen LogP contribution in [0, 0.1) is 0 Å². The molecular formula is C16H23ClN2O. The van der Waals surface area contributed by atoms with Crippen molar-refractivity contribution in [2.75, 3.05) is 13.2 Å². The fourth-order valence-corrected chi connectivity index (χ4v) is 2.50. The maximum absolute atomic E-state index is 6.11. The van der Waals surface area contributed by atoms with Crippen molar-refractivity contribution in [1.29, 1.82) is 0 Å². The minimum atomic E-state index is -0.110. The van der Waals surface area contributed by atoms with Crippen molar-refractivity contribution in [3.63, 3.8) is 0 Å². The molecule has 4 heteroatoms. The Balaban J connectivity index is 2.25. The molecule has 0 fully saturated rings. The molecule has 0 bridgehead atoms. The van der Waals surface area contributed by atoms with Gasteiger partial charge in [-0.1, -0.05) is 17.7 Å². The second-order valence-corrected chi connectivity index (χ2v) is 6.45. The molecule has 0 saturated carbocycles. The summed E-state index contributed by atoms with van der Waals surface area (Å²) >= 11 is 6.11. The monoisotopic (exact) mass is 294 g/mol. The summed E-state index contributed by atoms with van der Waals surface area (Å²) in [5.74, 6) is 0. The number of hydrogen-bond donors (Lipinski definition) is 1. The van der Waals surface area contributed by atoms with Gasteiger partial charge in [-0.2, -0.15) is 0 Å². The molecule has 2 N–H and O–H groups in total. The van der Waals surface area contributed by atoms with Crippen LogP contribution < -0.4 is 5.73 Å². The van der Waals surface area contributed by atoms with Crippen LogP contribution in [0.3, 0.4) is 0 Å². The molecule has 2 aromatic rings. The highest BCUT2D eigenvalue weighted by molar-refractivity contribution is 6.31. The summed E-state index contributed by atoms with van der Waals surface area (Å²) in [5, 5.41) is 1.99. The predicted octanol–water partition coefficient (Wildman–Crippen LogP) is 3.61. The molecule has 20 heavy (non-hydrogen) atoms. The second kappa shape index (κ2) is 6.17. The minimum absolute atomic E-state index is 0.110. The smallest absolute Gasteiger partial charge is 0.0652 e. The Labute approximate surface area is 125 Å². The predicted molar refractivity (Wildman–Crippen MR) is 85.4 cm³/mol. The van der Waals surface area contributed by atoms with E-state index in [9.17, 15) is 0 Å². The van der Waals surface area contributed by atoms with E-state index < -0.39 is 0 Å². The summed E-state index contributed by atoms with van der Waals surface area (Å²) < 4.78 is 8.01. The van der Waals surface area contributed by atoms with Gasteiger partial charge in [-0.3, -0.25) is 0 Å². The van der Waals surface area contributed by atoms with E-state index in [0.29, 0.717) is 13.2 Å². The second-order valence-electron chi connectivity index (χ2n) is 6.01. The number of benzene rings is 1. The van der Waals surface area contributed by atoms with Gasteiger partial charge in [-0.15, -0.1) is 0 Å². The van der Waals surface area contributed by atoms with Crippen molar-refractivity contribution in [3.8, 4) is 0 Å². The highest BCUT2D eigenvalue weighted by Gasteiger charge is 2.12. The molecule has 0 aliphatic rings. The Bertz CT molecular complexity index is 584. The fraction of sp³-hybridized carbons (Fsp3) is 0.500. The number of ether oxygens (including phenoxy) is 1. The molecule has 0 spiro atoms. The Kier molecular flexibility index (Phi) is 4.74. The van der Waals surface area contributed by atoms with E-state index in [4.69, 9.17) is 22.1 Å². The lowest BCUT2D eigenvalue weighted by molar-refractivity contribution is -0.00645. The van der Waals surface area contributed by atoms with Crippen molar-refractivity contribution >= 4 is 22.5 Å². The molecule has 0 aliphatic carbocycles. The Morgan fingerprint density at radius 1 is 1.30 bits per heavy atom. The van der Waals surface area contributed by atoms with E-state index in [1.54, 1.807) is 0 Å². The Hall–Kier alpha value is -1.03. The zero-order valence-electron chi connectivity index (χ0n) is 12.4. The minimum Gasteiger partial charge on any atom is -0.374 e. The summed E-state index contributed by atoms with van der Waals surface area (Å²) in [6.45, 7) is 8.35. The van der Waals surface area contributed by atoms with Gasteiger partial charge in [0.2, 0.25) is 0 Å². The van der Waals surface area contributed by atoms with Gasteiger partial charge in [-0.05, 0) is 51.4 Å². The molecular weight excluding hydrogens is 272 g/mol. The Morgan fingerprint density at radius 2 is 2.05 bits per heavy atom. The molecule has 1 aromatic heterocycles. The number of hydrogen-bond acceptors (Lipinski definition) is 2.